The number of hydrogen-bond acceptors (Lipinski definition) is 10. The topological polar surface area (TPSA) is 161 Å². The average Bonchev–Trinajstić information content (AvgIpc) is 4.25. The predicted molar refractivity (Wildman–Crippen MR) is 326 cm³/mol. The number of benzene rings is 2. The third-order valence-electron chi connectivity index (χ3n) is 18.6. The summed E-state index contributed by atoms with van der Waals surface area (Å²) < 4.78 is 84.0. The fraction of sp³-hybridized carbons (Fsp3) is 0.785. The van der Waals surface area contributed by atoms with Gasteiger partial charge in [0, 0.05) is 37.3 Å². The van der Waals surface area contributed by atoms with Crippen molar-refractivity contribution in [1.29, 1.82) is 0 Å². The molecule has 2 amide bonds. The number of carbonyl (C=O) groups excluding carboxylic acids is 2. The van der Waals surface area contributed by atoms with Gasteiger partial charge in [-0.2, -0.15) is 0 Å². The van der Waals surface area contributed by atoms with E-state index in [1.807, 2.05) is 67.8 Å². The fourth-order valence-electron chi connectivity index (χ4n) is 13.0. The van der Waals surface area contributed by atoms with Gasteiger partial charge in [0.15, 0.2) is 29.5 Å². The van der Waals surface area contributed by atoms with Gasteiger partial charge < -0.3 is 19.3 Å². The molecule has 2 aromatic rings. The molecule has 0 radical (unpaired) electrons. The van der Waals surface area contributed by atoms with Crippen molar-refractivity contribution < 1.29 is 44.3 Å². The van der Waals surface area contributed by atoms with Crippen molar-refractivity contribution in [1.82, 2.24) is 9.80 Å². The summed E-state index contributed by atoms with van der Waals surface area (Å²) in [7, 11) is -8.71. The van der Waals surface area contributed by atoms with E-state index in [4.69, 9.17) is 9.47 Å². The minimum atomic E-state index is -2.94. The van der Waals surface area contributed by atoms with E-state index in [-0.39, 0.29) is 52.0 Å². The van der Waals surface area contributed by atoms with Crippen LogP contribution in [0.1, 0.15) is 217 Å². The van der Waals surface area contributed by atoms with Crippen LogP contribution in [-0.4, -0.2) is 130 Å². The molecule has 2 aliphatic heterocycles. The van der Waals surface area contributed by atoms with Crippen LogP contribution < -0.4 is 0 Å². The second kappa shape index (κ2) is 30.8. The van der Waals surface area contributed by atoms with E-state index in [0.717, 1.165) is 113 Å². The van der Waals surface area contributed by atoms with E-state index in [0.29, 0.717) is 73.0 Å². The molecule has 15 heteroatoms. The van der Waals surface area contributed by atoms with Crippen molar-refractivity contribution in [2.45, 2.75) is 238 Å². The van der Waals surface area contributed by atoms with Crippen LogP contribution in [0.25, 0.3) is 0 Å². The molecule has 2 saturated heterocycles. The third kappa shape index (κ3) is 21.6. The SMILES string of the molecule is CC(C)S(=O)(=O)CC1CCC(CCC2CC2)CC1.CC(C)S(=O)(=O)CC1CCC(CCc2ccc(C(=O)N3C[C@@H](C)O[C@@H](C)C3)cc2)CC1.CC(C)S(=O)(=O)CC1CCC(CCc2cccc(C(=O)N3C[C@@H](C)O[C@@H](C)C3)c2)CC1. The molecule has 454 valence electrons. The van der Waals surface area contributed by atoms with Crippen LogP contribution in [0, 0.1) is 41.4 Å². The Hall–Kier alpha value is -2.85. The fourth-order valence-corrected chi connectivity index (χ4v) is 17.1. The second-order valence-electron chi connectivity index (χ2n) is 26.7. The van der Waals surface area contributed by atoms with E-state index >= 15 is 0 Å². The van der Waals surface area contributed by atoms with Gasteiger partial charge in [-0.3, -0.25) is 9.59 Å². The van der Waals surface area contributed by atoms with Crippen molar-refractivity contribution in [3.63, 3.8) is 0 Å². The first kappa shape index (κ1) is 66.3. The molecule has 0 N–H and O–H groups in total. The summed E-state index contributed by atoms with van der Waals surface area (Å²) in [6.45, 7) is 21.3. The molecule has 0 spiro atoms. The summed E-state index contributed by atoms with van der Waals surface area (Å²) >= 11 is 0. The molecule has 80 heavy (non-hydrogen) atoms. The molecule has 0 unspecified atom stereocenters. The molecule has 4 aliphatic carbocycles. The summed E-state index contributed by atoms with van der Waals surface area (Å²) in [5, 5.41) is -0.746. The zero-order valence-electron chi connectivity index (χ0n) is 51.0. The van der Waals surface area contributed by atoms with Gasteiger partial charge >= 0.3 is 0 Å². The number of amides is 2. The standard InChI is InChI=1S/2C25H39NO4S.C15H28O2S/c1-18(2)31(28,29)17-23-9-7-21(8-10-23)5-6-22-11-13-24(14-12-22)25(27)26-15-19(3)30-20(4)16-26;1-18(2)31(28,29)17-23-12-9-21(10-13-23)8-11-22-6-5-7-24(14-22)25(27)26-15-19(3)30-20(4)16-26;1-12(2)18(16,17)11-15-9-7-14(8-10-15)6-5-13-3-4-13/h11-14,18-21,23H,5-10,15-17H2,1-4H3;5-7,14,18-21,23H,8-13,15-17H2,1-4H3;12-15H,3-11H2,1-2H3/t2*19-,20+,21?,23?;. The molecule has 2 aromatic carbocycles. The minimum absolute atomic E-state index is 0.0709. The van der Waals surface area contributed by atoms with Crippen molar-refractivity contribution in [2.24, 2.45) is 41.4 Å². The highest BCUT2D eigenvalue weighted by Gasteiger charge is 2.32. The monoisotopic (exact) mass is 1170 g/mol. The minimum Gasteiger partial charge on any atom is -0.372 e. The Bertz CT molecular complexity index is 2540. The Kier molecular flexibility index (Phi) is 25.5. The largest absolute Gasteiger partial charge is 0.372 e. The van der Waals surface area contributed by atoms with Crippen LogP contribution in [0.15, 0.2) is 48.5 Å². The highest BCUT2D eigenvalue weighted by atomic mass is 32.2. The Balaban J connectivity index is 0.000000201. The quantitative estimate of drug-likeness (QED) is 0.125. The highest BCUT2D eigenvalue weighted by Crippen LogP contribution is 2.39. The van der Waals surface area contributed by atoms with Crippen LogP contribution in [0.5, 0.6) is 0 Å². The zero-order chi connectivity index (χ0) is 58.4. The Labute approximate surface area is 486 Å². The van der Waals surface area contributed by atoms with E-state index < -0.39 is 29.5 Å². The lowest BCUT2D eigenvalue weighted by Gasteiger charge is -2.35. The van der Waals surface area contributed by atoms with Gasteiger partial charge in [-0.1, -0.05) is 88.5 Å². The van der Waals surface area contributed by atoms with Gasteiger partial charge in [0.1, 0.15) is 0 Å². The summed E-state index contributed by atoms with van der Waals surface area (Å²) in [5.41, 5.74) is 3.99. The summed E-state index contributed by atoms with van der Waals surface area (Å²) in [6.07, 6.45) is 23.6. The van der Waals surface area contributed by atoms with Crippen molar-refractivity contribution in [2.75, 3.05) is 43.4 Å². The number of rotatable bonds is 20. The number of hydrogen-bond donors (Lipinski definition) is 0. The number of carbonyl (C=O) groups is 2. The molecule has 4 saturated carbocycles. The van der Waals surface area contributed by atoms with Crippen LogP contribution in [0.2, 0.25) is 0 Å². The molecule has 2 heterocycles. The Morgan fingerprint density at radius 2 is 0.713 bits per heavy atom. The van der Waals surface area contributed by atoms with Crippen molar-refractivity contribution in [3.8, 4) is 0 Å². The third-order valence-corrected chi connectivity index (χ3v) is 25.7. The van der Waals surface area contributed by atoms with Crippen molar-refractivity contribution >= 4 is 41.3 Å². The van der Waals surface area contributed by atoms with Gasteiger partial charge in [0.05, 0.1) is 57.4 Å². The van der Waals surface area contributed by atoms with Gasteiger partial charge in [0.2, 0.25) is 0 Å². The molecule has 8 rings (SSSR count). The number of morpholine rings is 2. The van der Waals surface area contributed by atoms with Crippen LogP contribution in [0.3, 0.4) is 0 Å². The molecular formula is C65H106N2O10S3. The molecule has 6 aliphatic rings. The highest BCUT2D eigenvalue weighted by molar-refractivity contribution is 7.92. The number of aryl methyl sites for hydroxylation is 2. The molecule has 0 bridgehead atoms. The summed E-state index contributed by atoms with van der Waals surface area (Å²) in [5.74, 6) is 5.67. The second-order valence-corrected chi connectivity index (χ2v) is 34.5. The van der Waals surface area contributed by atoms with E-state index in [1.165, 1.54) is 49.7 Å². The zero-order valence-corrected chi connectivity index (χ0v) is 53.4. The van der Waals surface area contributed by atoms with Crippen molar-refractivity contribution in [3.05, 3.63) is 70.8 Å². The van der Waals surface area contributed by atoms with Gasteiger partial charge in [-0.05, 0) is 210 Å². The first-order chi connectivity index (χ1) is 37.7. The normalized spacial score (nSPS) is 28.0. The number of sulfone groups is 3. The smallest absolute Gasteiger partial charge is 0.254 e. The van der Waals surface area contributed by atoms with E-state index in [1.54, 1.807) is 41.5 Å². The van der Waals surface area contributed by atoms with Gasteiger partial charge in [-0.15, -0.1) is 0 Å². The lowest BCUT2D eigenvalue weighted by atomic mass is 9.80. The van der Waals surface area contributed by atoms with Gasteiger partial charge in [-0.25, -0.2) is 25.3 Å². The predicted octanol–water partition coefficient (Wildman–Crippen LogP) is 12.8. The van der Waals surface area contributed by atoms with Crippen LogP contribution in [0.4, 0.5) is 0 Å². The van der Waals surface area contributed by atoms with Crippen LogP contribution in [-0.2, 0) is 51.8 Å². The summed E-state index contributed by atoms with van der Waals surface area (Å²) in [4.78, 5) is 29.6. The first-order valence-corrected chi connectivity index (χ1v) is 36.6. The molecule has 6 fully saturated rings. The average molecular weight is 1170 g/mol. The lowest BCUT2D eigenvalue weighted by Crippen LogP contribution is -2.48. The Morgan fingerprint density at radius 3 is 1.05 bits per heavy atom. The molecular weight excluding hydrogens is 1060 g/mol. The van der Waals surface area contributed by atoms with E-state index in [2.05, 4.69) is 18.2 Å². The number of ether oxygens (including phenoxy) is 2. The summed E-state index contributed by atoms with van der Waals surface area (Å²) in [6, 6.07) is 16.1. The molecule has 0 aromatic heterocycles. The molecule has 4 atom stereocenters. The maximum atomic E-state index is 13.0. The molecule has 12 nitrogen and oxygen atoms in total. The first-order valence-electron chi connectivity index (χ1n) is 31.5. The van der Waals surface area contributed by atoms with Crippen LogP contribution >= 0.6 is 0 Å². The maximum absolute atomic E-state index is 13.0. The number of nitrogens with zero attached hydrogens (tertiary/aromatic N) is 2. The Morgan fingerprint density at radius 1 is 0.412 bits per heavy atom. The lowest BCUT2D eigenvalue weighted by molar-refractivity contribution is -0.0586. The van der Waals surface area contributed by atoms with E-state index in [9.17, 15) is 34.8 Å². The van der Waals surface area contributed by atoms with Gasteiger partial charge in [0.25, 0.3) is 11.8 Å². The maximum Gasteiger partial charge on any atom is 0.254 e.